The van der Waals surface area contributed by atoms with E-state index in [-0.39, 0.29) is 6.04 Å². The van der Waals surface area contributed by atoms with Gasteiger partial charge in [-0.05, 0) is 74.9 Å². The van der Waals surface area contributed by atoms with Gasteiger partial charge in [0.15, 0.2) is 0 Å². The van der Waals surface area contributed by atoms with E-state index < -0.39 is 0 Å². The average molecular weight is 376 g/mol. The van der Waals surface area contributed by atoms with Gasteiger partial charge in [-0.1, -0.05) is 18.2 Å². The number of benzene rings is 1. The highest BCUT2D eigenvalue weighted by molar-refractivity contribution is 5.76. The van der Waals surface area contributed by atoms with Crippen molar-refractivity contribution in [3.8, 4) is 0 Å². The van der Waals surface area contributed by atoms with Gasteiger partial charge >= 0.3 is 0 Å². The molecule has 5 rings (SSSR count). The molecule has 1 aliphatic carbocycles. The Hall–Kier alpha value is -2.24. The van der Waals surface area contributed by atoms with Crippen LogP contribution in [0.1, 0.15) is 54.5 Å². The van der Waals surface area contributed by atoms with Gasteiger partial charge in [0.2, 0.25) is 0 Å². The van der Waals surface area contributed by atoms with Crippen LogP contribution in [0.15, 0.2) is 36.4 Å². The summed E-state index contributed by atoms with van der Waals surface area (Å²) in [4.78, 5) is 9.93. The molecule has 0 spiro atoms. The van der Waals surface area contributed by atoms with Crippen LogP contribution in [0.5, 0.6) is 0 Å². The molecule has 2 aliphatic rings. The Kier molecular flexibility index (Phi) is 4.87. The van der Waals surface area contributed by atoms with E-state index in [1.165, 1.54) is 30.3 Å². The van der Waals surface area contributed by atoms with Crippen LogP contribution in [-0.4, -0.2) is 27.6 Å². The molecule has 0 amide bonds. The van der Waals surface area contributed by atoms with Crippen LogP contribution < -0.4 is 11.1 Å². The van der Waals surface area contributed by atoms with Gasteiger partial charge in [0.1, 0.15) is 5.82 Å². The van der Waals surface area contributed by atoms with E-state index in [2.05, 4.69) is 46.3 Å². The van der Waals surface area contributed by atoms with Crippen molar-refractivity contribution in [3.63, 3.8) is 0 Å². The van der Waals surface area contributed by atoms with Crippen molar-refractivity contribution in [2.24, 2.45) is 11.7 Å². The summed E-state index contributed by atoms with van der Waals surface area (Å²) in [5, 5.41) is 3.54. The van der Waals surface area contributed by atoms with Crippen molar-refractivity contribution < 1.29 is 0 Å². The third-order valence-electron chi connectivity index (χ3n) is 6.29. The minimum Gasteiger partial charge on any atom is -0.327 e. The molecule has 2 aromatic heterocycles. The molecule has 1 fully saturated rings. The summed E-state index contributed by atoms with van der Waals surface area (Å²) < 4.78 is 2.42. The first-order chi connectivity index (χ1) is 13.8. The number of aromatic nitrogens is 3. The summed E-state index contributed by atoms with van der Waals surface area (Å²) in [7, 11) is 0. The lowest BCUT2D eigenvalue weighted by Crippen LogP contribution is -2.32. The Morgan fingerprint density at radius 2 is 2.00 bits per heavy atom. The number of nitrogens with zero attached hydrogens (tertiary/aromatic N) is 3. The maximum Gasteiger partial charge on any atom is 0.115 e. The number of nitrogens with two attached hydrogens (primary N) is 1. The highest BCUT2D eigenvalue weighted by Crippen LogP contribution is 2.27. The van der Waals surface area contributed by atoms with Gasteiger partial charge in [-0.2, -0.15) is 0 Å². The van der Waals surface area contributed by atoms with Gasteiger partial charge in [-0.15, -0.1) is 0 Å². The fourth-order valence-corrected chi connectivity index (χ4v) is 4.79. The van der Waals surface area contributed by atoms with E-state index in [9.17, 15) is 0 Å². The van der Waals surface area contributed by atoms with Crippen LogP contribution in [0.2, 0.25) is 0 Å². The third-order valence-corrected chi connectivity index (χ3v) is 6.29. The van der Waals surface area contributed by atoms with E-state index in [0.29, 0.717) is 5.92 Å². The Labute approximate surface area is 166 Å². The molecule has 1 aliphatic heterocycles. The molecule has 28 heavy (non-hydrogen) atoms. The monoisotopic (exact) mass is 375 g/mol. The Bertz CT molecular complexity index is 970. The fourth-order valence-electron chi connectivity index (χ4n) is 4.79. The summed E-state index contributed by atoms with van der Waals surface area (Å²) >= 11 is 0. The zero-order valence-corrected chi connectivity index (χ0v) is 16.4. The predicted molar refractivity (Wildman–Crippen MR) is 112 cm³/mol. The number of hydrogen-bond acceptors (Lipinski definition) is 4. The molecule has 3 aromatic rings. The summed E-state index contributed by atoms with van der Waals surface area (Å²) in [6.07, 6.45) is 6.61. The number of para-hydroxylation sites is 2. The normalized spacial score (nSPS) is 22.3. The first-order valence-electron chi connectivity index (χ1n) is 10.7. The molecule has 0 radical (unpaired) electrons. The number of pyridine rings is 1. The zero-order chi connectivity index (χ0) is 18.9. The molecule has 5 heteroatoms. The summed E-state index contributed by atoms with van der Waals surface area (Å²) in [5.41, 5.74) is 12.1. The van der Waals surface area contributed by atoms with Crippen molar-refractivity contribution in [1.29, 1.82) is 0 Å². The lowest BCUT2D eigenvalue weighted by Gasteiger charge is -2.24. The molecule has 5 nitrogen and oxygen atoms in total. The van der Waals surface area contributed by atoms with Crippen LogP contribution in [-0.2, 0) is 19.4 Å². The Balaban J connectivity index is 1.48. The maximum atomic E-state index is 6.33. The molecular weight excluding hydrogens is 346 g/mol. The van der Waals surface area contributed by atoms with Gasteiger partial charge in [-0.3, -0.25) is 4.98 Å². The zero-order valence-electron chi connectivity index (χ0n) is 16.4. The smallest absolute Gasteiger partial charge is 0.115 e. The largest absolute Gasteiger partial charge is 0.327 e. The molecule has 0 saturated carbocycles. The van der Waals surface area contributed by atoms with Crippen molar-refractivity contribution in [2.45, 2.75) is 51.1 Å². The predicted octanol–water partition coefficient (Wildman–Crippen LogP) is 3.36. The molecule has 1 saturated heterocycles. The number of piperidine rings is 1. The highest BCUT2D eigenvalue weighted by atomic mass is 15.1. The number of hydrogen-bond donors (Lipinski definition) is 2. The van der Waals surface area contributed by atoms with Gasteiger partial charge in [0.25, 0.3) is 0 Å². The van der Waals surface area contributed by atoms with Crippen molar-refractivity contribution >= 4 is 11.0 Å². The number of nitrogens with one attached hydrogen (secondary N) is 1. The van der Waals surface area contributed by atoms with Crippen molar-refractivity contribution in [2.75, 3.05) is 13.1 Å². The lowest BCUT2D eigenvalue weighted by atomic mass is 9.92. The topological polar surface area (TPSA) is 68.8 Å². The van der Waals surface area contributed by atoms with E-state index in [1.807, 2.05) is 0 Å². The van der Waals surface area contributed by atoms with Gasteiger partial charge < -0.3 is 15.6 Å². The molecule has 2 atom stereocenters. The second-order valence-corrected chi connectivity index (χ2v) is 8.36. The molecule has 1 unspecified atom stereocenters. The van der Waals surface area contributed by atoms with Crippen molar-refractivity contribution in [1.82, 2.24) is 19.9 Å². The number of rotatable bonds is 4. The van der Waals surface area contributed by atoms with Crippen LogP contribution in [0.3, 0.4) is 0 Å². The van der Waals surface area contributed by atoms with Crippen LogP contribution >= 0.6 is 0 Å². The molecular formula is C23H29N5. The average Bonchev–Trinajstić information content (AvgIpc) is 3.06. The Morgan fingerprint density at radius 3 is 2.89 bits per heavy atom. The molecule has 3 heterocycles. The standard InChI is InChI=1S/C23H29N5/c24-19-7-3-6-17-10-11-18(26-23(17)19)13-22-27-20-8-1-2-9-21(20)28(22)15-16-5-4-12-25-14-16/h1-2,8-11,16,19,25H,3-7,12-15,24H2/t16-,19?/m1/s1. The number of fused-ring (bicyclic) bond motifs is 2. The molecule has 1 aromatic carbocycles. The first kappa shape index (κ1) is 17.8. The van der Waals surface area contributed by atoms with Gasteiger partial charge in [0, 0.05) is 24.7 Å². The van der Waals surface area contributed by atoms with E-state index in [4.69, 9.17) is 15.7 Å². The maximum absolute atomic E-state index is 6.33. The van der Waals surface area contributed by atoms with E-state index in [1.54, 1.807) is 0 Å². The molecule has 0 bridgehead atoms. The second kappa shape index (κ2) is 7.64. The fraction of sp³-hybridized carbons (Fsp3) is 0.478. The number of aryl methyl sites for hydroxylation is 1. The SMILES string of the molecule is NC1CCCc2ccc(Cc3nc4ccccc4n3C[C@@H]3CCCNC3)nc21. The lowest BCUT2D eigenvalue weighted by molar-refractivity contribution is 0.337. The molecule has 146 valence electrons. The summed E-state index contributed by atoms with van der Waals surface area (Å²) in [6, 6.07) is 13.0. The van der Waals surface area contributed by atoms with E-state index >= 15 is 0 Å². The van der Waals surface area contributed by atoms with Gasteiger partial charge in [0.05, 0.1) is 16.7 Å². The third kappa shape index (κ3) is 3.45. The molecule has 3 N–H and O–H groups in total. The minimum atomic E-state index is 0.0795. The van der Waals surface area contributed by atoms with E-state index in [0.717, 1.165) is 61.6 Å². The first-order valence-corrected chi connectivity index (χ1v) is 10.7. The quantitative estimate of drug-likeness (QED) is 0.734. The number of imidazole rings is 1. The summed E-state index contributed by atoms with van der Waals surface area (Å²) in [6.45, 7) is 3.26. The van der Waals surface area contributed by atoms with Crippen LogP contribution in [0.25, 0.3) is 11.0 Å². The second-order valence-electron chi connectivity index (χ2n) is 8.36. The highest BCUT2D eigenvalue weighted by Gasteiger charge is 2.21. The van der Waals surface area contributed by atoms with Crippen LogP contribution in [0, 0.1) is 5.92 Å². The Morgan fingerprint density at radius 1 is 1.07 bits per heavy atom. The van der Waals surface area contributed by atoms with Gasteiger partial charge in [-0.25, -0.2) is 4.98 Å². The summed E-state index contributed by atoms with van der Waals surface area (Å²) in [5.74, 6) is 1.78. The van der Waals surface area contributed by atoms with Crippen molar-refractivity contribution in [3.05, 3.63) is 59.2 Å². The van der Waals surface area contributed by atoms with Crippen LogP contribution in [0.4, 0.5) is 0 Å². The minimum absolute atomic E-state index is 0.0795.